The molecule has 0 aromatic heterocycles. The molecule has 1 aromatic rings. The summed E-state index contributed by atoms with van der Waals surface area (Å²) >= 11 is 9.34. The van der Waals surface area contributed by atoms with E-state index in [1.165, 1.54) is 7.11 Å². The minimum Gasteiger partial charge on any atom is -0.467 e. The van der Waals surface area contributed by atoms with Gasteiger partial charge in [-0.1, -0.05) is 11.6 Å². The van der Waals surface area contributed by atoms with E-state index in [4.69, 9.17) is 21.1 Å². The van der Waals surface area contributed by atoms with Gasteiger partial charge in [0, 0.05) is 29.6 Å². The molecular weight excluding hydrogens is 346 g/mol. The van der Waals surface area contributed by atoms with Gasteiger partial charge in [0.1, 0.15) is 5.54 Å². The zero-order chi connectivity index (χ0) is 14.8. The number of methoxy groups -OCH3 is 1. The summed E-state index contributed by atoms with van der Waals surface area (Å²) in [6.45, 7) is 2.59. The summed E-state index contributed by atoms with van der Waals surface area (Å²) in [5.74, 6) is -0.264. The Morgan fingerprint density at radius 2 is 2.25 bits per heavy atom. The molecule has 0 radical (unpaired) electrons. The fourth-order valence-electron chi connectivity index (χ4n) is 2.44. The van der Waals surface area contributed by atoms with Crippen molar-refractivity contribution in [2.24, 2.45) is 0 Å². The zero-order valence-corrected chi connectivity index (χ0v) is 13.8. The van der Waals surface area contributed by atoms with Crippen LogP contribution in [0, 0.1) is 0 Å². The number of nitrogens with one attached hydrogen (secondary N) is 1. The van der Waals surface area contributed by atoms with Crippen molar-refractivity contribution in [3.8, 4) is 0 Å². The summed E-state index contributed by atoms with van der Waals surface area (Å²) in [6, 6.07) is 5.46. The molecule has 0 atom stereocenters. The highest BCUT2D eigenvalue weighted by atomic mass is 79.9. The summed E-state index contributed by atoms with van der Waals surface area (Å²) in [7, 11) is 1.40. The van der Waals surface area contributed by atoms with Gasteiger partial charge < -0.3 is 14.8 Å². The Hall–Kier alpha value is -0.780. The van der Waals surface area contributed by atoms with Crippen molar-refractivity contribution in [2.75, 3.05) is 19.0 Å². The maximum Gasteiger partial charge on any atom is 0.331 e. The maximum absolute atomic E-state index is 12.0. The third kappa shape index (κ3) is 3.10. The molecular formula is C14H17BrClNO3. The van der Waals surface area contributed by atoms with Gasteiger partial charge in [-0.05, 0) is 41.1 Å². The van der Waals surface area contributed by atoms with E-state index in [1.54, 1.807) is 6.07 Å². The molecule has 110 valence electrons. The highest BCUT2D eigenvalue weighted by Gasteiger charge is 2.52. The first-order valence-electron chi connectivity index (χ1n) is 6.44. The van der Waals surface area contributed by atoms with Crippen LogP contribution < -0.4 is 5.32 Å². The fraction of sp³-hybridized carbons (Fsp3) is 0.500. The molecule has 0 unspecified atom stereocenters. The van der Waals surface area contributed by atoms with Crippen LogP contribution in [-0.4, -0.2) is 31.3 Å². The molecule has 20 heavy (non-hydrogen) atoms. The normalized spacial score (nSPS) is 24.9. The Balaban J connectivity index is 2.13. The zero-order valence-electron chi connectivity index (χ0n) is 11.4. The average molecular weight is 363 g/mol. The molecule has 1 aliphatic rings. The number of halogens is 2. The van der Waals surface area contributed by atoms with Crippen LogP contribution in [0.3, 0.4) is 0 Å². The number of ether oxygens (including phenoxy) is 2. The van der Waals surface area contributed by atoms with Gasteiger partial charge in [0.25, 0.3) is 0 Å². The minimum atomic E-state index is -0.706. The lowest BCUT2D eigenvalue weighted by Crippen LogP contribution is -2.59. The lowest BCUT2D eigenvalue weighted by Gasteiger charge is -2.45. The SMILES string of the molecule is CCOC1CC(Nc2ccc(Cl)c(Br)c2)(C(=O)OC)C1. The quantitative estimate of drug-likeness (QED) is 0.813. The van der Waals surface area contributed by atoms with Crippen LogP contribution >= 0.6 is 27.5 Å². The molecule has 1 saturated carbocycles. The first-order valence-corrected chi connectivity index (χ1v) is 7.61. The van der Waals surface area contributed by atoms with Gasteiger partial charge >= 0.3 is 5.97 Å². The lowest BCUT2D eigenvalue weighted by molar-refractivity contribution is -0.155. The van der Waals surface area contributed by atoms with Crippen molar-refractivity contribution in [3.63, 3.8) is 0 Å². The van der Waals surface area contributed by atoms with E-state index < -0.39 is 5.54 Å². The Morgan fingerprint density at radius 3 is 2.80 bits per heavy atom. The Kier molecular flexibility index (Phi) is 4.94. The Morgan fingerprint density at radius 1 is 1.55 bits per heavy atom. The second-order valence-electron chi connectivity index (χ2n) is 4.81. The van der Waals surface area contributed by atoms with E-state index in [0.717, 1.165) is 10.2 Å². The number of hydrogen-bond acceptors (Lipinski definition) is 4. The van der Waals surface area contributed by atoms with Crippen LogP contribution in [0.2, 0.25) is 5.02 Å². The number of carbonyl (C=O) groups excluding carboxylic acids is 1. The summed E-state index contributed by atoms with van der Waals surface area (Å²) < 4.78 is 11.2. The number of rotatable bonds is 5. The first-order chi connectivity index (χ1) is 9.50. The molecule has 1 fully saturated rings. The highest BCUT2D eigenvalue weighted by Crippen LogP contribution is 2.39. The van der Waals surface area contributed by atoms with Crippen molar-refractivity contribution < 1.29 is 14.3 Å². The van der Waals surface area contributed by atoms with E-state index in [2.05, 4.69) is 21.2 Å². The second kappa shape index (κ2) is 6.33. The Bertz CT molecular complexity index is 503. The summed E-state index contributed by atoms with van der Waals surface area (Å²) in [6.07, 6.45) is 1.31. The maximum atomic E-state index is 12.0. The molecule has 2 rings (SSSR count). The Labute approximate surface area is 131 Å². The number of anilines is 1. The van der Waals surface area contributed by atoms with Crippen molar-refractivity contribution in [3.05, 3.63) is 27.7 Å². The molecule has 1 aliphatic carbocycles. The second-order valence-corrected chi connectivity index (χ2v) is 6.07. The molecule has 0 saturated heterocycles. The summed E-state index contributed by atoms with van der Waals surface area (Å²) in [4.78, 5) is 12.0. The molecule has 0 aliphatic heterocycles. The number of benzene rings is 1. The van der Waals surface area contributed by atoms with Crippen LogP contribution in [-0.2, 0) is 14.3 Å². The van der Waals surface area contributed by atoms with Crippen LogP contribution in [0.1, 0.15) is 19.8 Å². The third-order valence-electron chi connectivity index (χ3n) is 3.43. The van der Waals surface area contributed by atoms with Gasteiger partial charge in [-0.25, -0.2) is 4.79 Å². The van der Waals surface area contributed by atoms with E-state index in [0.29, 0.717) is 24.5 Å². The molecule has 1 N–H and O–H groups in total. The highest BCUT2D eigenvalue weighted by molar-refractivity contribution is 9.10. The van der Waals surface area contributed by atoms with Gasteiger partial charge in [-0.3, -0.25) is 0 Å². The van der Waals surface area contributed by atoms with Gasteiger partial charge in [0.05, 0.1) is 18.2 Å². The molecule has 0 bridgehead atoms. The lowest BCUT2D eigenvalue weighted by atomic mass is 9.74. The average Bonchev–Trinajstić information content (AvgIpc) is 2.39. The third-order valence-corrected chi connectivity index (χ3v) is 4.65. The number of carbonyl (C=O) groups is 1. The first kappa shape index (κ1) is 15.6. The monoisotopic (exact) mass is 361 g/mol. The number of esters is 1. The van der Waals surface area contributed by atoms with Crippen molar-refractivity contribution in [1.29, 1.82) is 0 Å². The molecule has 0 heterocycles. The van der Waals surface area contributed by atoms with Crippen LogP contribution in [0.4, 0.5) is 5.69 Å². The van der Waals surface area contributed by atoms with E-state index in [-0.39, 0.29) is 12.1 Å². The molecule has 4 nitrogen and oxygen atoms in total. The molecule has 1 aromatic carbocycles. The van der Waals surface area contributed by atoms with Crippen molar-refractivity contribution in [1.82, 2.24) is 0 Å². The fourth-order valence-corrected chi connectivity index (χ4v) is 2.93. The van der Waals surface area contributed by atoms with Gasteiger partial charge in [-0.2, -0.15) is 0 Å². The smallest absolute Gasteiger partial charge is 0.331 e. The predicted octanol–water partition coefficient (Wildman–Crippen LogP) is 3.63. The van der Waals surface area contributed by atoms with Crippen LogP contribution in [0.5, 0.6) is 0 Å². The van der Waals surface area contributed by atoms with Crippen LogP contribution in [0.15, 0.2) is 22.7 Å². The topological polar surface area (TPSA) is 47.6 Å². The van der Waals surface area contributed by atoms with E-state index >= 15 is 0 Å². The van der Waals surface area contributed by atoms with E-state index in [1.807, 2.05) is 19.1 Å². The molecule has 0 spiro atoms. The van der Waals surface area contributed by atoms with Gasteiger partial charge in [0.2, 0.25) is 0 Å². The van der Waals surface area contributed by atoms with E-state index in [9.17, 15) is 4.79 Å². The van der Waals surface area contributed by atoms with Crippen LogP contribution in [0.25, 0.3) is 0 Å². The summed E-state index contributed by atoms with van der Waals surface area (Å²) in [5, 5.41) is 3.88. The largest absolute Gasteiger partial charge is 0.467 e. The summed E-state index contributed by atoms with van der Waals surface area (Å²) in [5.41, 5.74) is 0.114. The van der Waals surface area contributed by atoms with Gasteiger partial charge in [-0.15, -0.1) is 0 Å². The minimum absolute atomic E-state index is 0.0994. The standard InChI is InChI=1S/C14H17BrClNO3/c1-3-20-10-7-14(8-10,13(18)19-2)17-9-4-5-12(16)11(15)6-9/h4-6,10,17H,3,7-8H2,1-2H3. The van der Waals surface area contributed by atoms with Crippen molar-refractivity contribution >= 4 is 39.2 Å². The van der Waals surface area contributed by atoms with Crippen molar-refractivity contribution in [2.45, 2.75) is 31.4 Å². The molecule has 6 heteroatoms. The van der Waals surface area contributed by atoms with Gasteiger partial charge in [0.15, 0.2) is 0 Å². The predicted molar refractivity (Wildman–Crippen MR) is 82.2 cm³/mol. The molecule has 0 amide bonds. The number of hydrogen-bond donors (Lipinski definition) is 1.